The van der Waals surface area contributed by atoms with E-state index in [0.29, 0.717) is 30.5 Å². The Hall–Kier alpha value is -3.56. The third-order valence-corrected chi connectivity index (χ3v) is 7.07. The summed E-state index contributed by atoms with van der Waals surface area (Å²) >= 11 is 0. The van der Waals surface area contributed by atoms with E-state index >= 15 is 0 Å². The highest BCUT2D eigenvalue weighted by Crippen LogP contribution is 2.35. The Balaban J connectivity index is 1.40. The first-order chi connectivity index (χ1) is 17.8. The molecule has 196 valence electrons. The summed E-state index contributed by atoms with van der Waals surface area (Å²) in [4.78, 5) is 39.0. The van der Waals surface area contributed by atoms with Gasteiger partial charge >= 0.3 is 11.9 Å². The Morgan fingerprint density at radius 3 is 2.54 bits per heavy atom. The molecule has 0 radical (unpaired) electrons. The van der Waals surface area contributed by atoms with Crippen molar-refractivity contribution in [1.82, 2.24) is 20.3 Å². The molecule has 2 N–H and O–H groups in total. The van der Waals surface area contributed by atoms with Crippen LogP contribution in [0.15, 0.2) is 48.6 Å². The van der Waals surface area contributed by atoms with Crippen molar-refractivity contribution in [2.24, 2.45) is 5.92 Å². The van der Waals surface area contributed by atoms with E-state index in [1.165, 1.54) is 18.1 Å². The van der Waals surface area contributed by atoms with Gasteiger partial charge in [-0.25, -0.2) is 9.97 Å². The van der Waals surface area contributed by atoms with Crippen LogP contribution in [0.4, 0.5) is 0 Å². The summed E-state index contributed by atoms with van der Waals surface area (Å²) in [6.45, 7) is 5.22. The van der Waals surface area contributed by atoms with Gasteiger partial charge in [0.2, 0.25) is 0 Å². The third kappa shape index (κ3) is 6.23. The first-order valence-electron chi connectivity index (χ1n) is 12.5. The van der Waals surface area contributed by atoms with Crippen molar-refractivity contribution in [3.8, 4) is 5.75 Å². The van der Waals surface area contributed by atoms with Crippen LogP contribution >= 0.6 is 0 Å². The summed E-state index contributed by atoms with van der Waals surface area (Å²) < 4.78 is 5.66. The number of ether oxygens (including phenoxy) is 1. The van der Waals surface area contributed by atoms with Crippen molar-refractivity contribution < 1.29 is 24.3 Å². The van der Waals surface area contributed by atoms with E-state index in [-0.39, 0.29) is 17.0 Å². The molecule has 1 atom stereocenters. The monoisotopic (exact) mass is 506 g/mol. The summed E-state index contributed by atoms with van der Waals surface area (Å²) in [6.07, 6.45) is 10.2. The molecule has 4 rings (SSSR count). The second-order valence-electron chi connectivity index (χ2n) is 9.68. The van der Waals surface area contributed by atoms with Gasteiger partial charge in [0, 0.05) is 20.5 Å². The van der Waals surface area contributed by atoms with E-state index in [1.54, 1.807) is 14.0 Å². The van der Waals surface area contributed by atoms with E-state index in [4.69, 9.17) is 4.74 Å². The number of nitrogens with one attached hydrogen (secondary N) is 1. The number of hydrogen-bond acceptors (Lipinski definition) is 8. The van der Waals surface area contributed by atoms with Crippen LogP contribution in [0.25, 0.3) is 5.57 Å². The van der Waals surface area contributed by atoms with Crippen molar-refractivity contribution in [2.45, 2.75) is 45.1 Å². The van der Waals surface area contributed by atoms with Gasteiger partial charge in [0.25, 0.3) is 0 Å². The fourth-order valence-corrected chi connectivity index (χ4v) is 5.08. The number of likely N-dealkylation sites (tertiary alicyclic amines) is 1. The molecule has 1 saturated heterocycles. The number of rotatable bonds is 7. The molecule has 1 aliphatic carbocycles. The minimum atomic E-state index is -0.789. The molecule has 9 heteroatoms. The largest absolute Gasteiger partial charge is 0.504 e. The maximum absolute atomic E-state index is 12.3. The van der Waals surface area contributed by atoms with Gasteiger partial charge in [-0.05, 0) is 56.3 Å². The second kappa shape index (κ2) is 11.7. The molecule has 9 nitrogen and oxygen atoms in total. The Labute approximate surface area is 217 Å². The van der Waals surface area contributed by atoms with E-state index in [1.807, 2.05) is 11.5 Å². The quantitative estimate of drug-likeness (QED) is 0.550. The molecule has 1 amide bonds. The number of aryl methyl sites for hydroxylation is 1. The third-order valence-electron chi connectivity index (χ3n) is 7.07. The van der Waals surface area contributed by atoms with Gasteiger partial charge in [-0.1, -0.05) is 48.6 Å². The highest BCUT2D eigenvalue weighted by molar-refractivity contribution is 5.95. The summed E-state index contributed by atoms with van der Waals surface area (Å²) in [5.74, 6) is -0.954. The molecule has 37 heavy (non-hydrogen) atoms. The van der Waals surface area contributed by atoms with Crippen LogP contribution < -0.4 is 5.48 Å². The van der Waals surface area contributed by atoms with Crippen LogP contribution in [-0.4, -0.2) is 64.2 Å². The predicted octanol–water partition coefficient (Wildman–Crippen LogP) is 3.38. The molecular weight excluding hydrogens is 472 g/mol. The first kappa shape index (κ1) is 26.5. The van der Waals surface area contributed by atoms with Crippen molar-refractivity contribution in [2.75, 3.05) is 26.8 Å². The molecule has 2 aromatic rings. The lowest BCUT2D eigenvalue weighted by Crippen LogP contribution is -2.54. The standard InChI is InChI=1S/C28H34N4O5/c1-19-26(34)25(27(35)31-37-20(2)33)30-24(29-19)17-21-11-15-32(16-12-21)28(18-36-3)13-9-23(10-14-28)22-7-5-4-6-8-22/h4-10,13,21,34H,11-12,14-18H2,1-3H3,(H,31,35). The van der Waals surface area contributed by atoms with Crippen LogP contribution in [0.2, 0.25) is 0 Å². The zero-order chi connectivity index (χ0) is 26.4. The lowest BCUT2D eigenvalue weighted by atomic mass is 9.82. The molecule has 1 aromatic carbocycles. The number of aromatic hydroxyl groups is 1. The number of hydrogen-bond donors (Lipinski definition) is 2. The van der Waals surface area contributed by atoms with E-state index in [0.717, 1.165) is 32.4 Å². The predicted molar refractivity (Wildman–Crippen MR) is 138 cm³/mol. The van der Waals surface area contributed by atoms with Gasteiger partial charge in [0.1, 0.15) is 5.82 Å². The molecule has 1 aliphatic heterocycles. The number of allylic oxidation sites excluding steroid dienone is 2. The van der Waals surface area contributed by atoms with E-state index in [9.17, 15) is 14.7 Å². The molecule has 0 saturated carbocycles. The molecule has 2 aliphatic rings. The van der Waals surface area contributed by atoms with Gasteiger partial charge in [0.05, 0.1) is 17.8 Å². The summed E-state index contributed by atoms with van der Waals surface area (Å²) in [5.41, 5.74) is 4.38. The number of carbonyl (C=O) groups is 2. The maximum Gasteiger partial charge on any atom is 0.329 e. The van der Waals surface area contributed by atoms with E-state index in [2.05, 4.69) is 62.2 Å². The van der Waals surface area contributed by atoms with Gasteiger partial charge in [-0.2, -0.15) is 5.48 Å². The van der Waals surface area contributed by atoms with Crippen molar-refractivity contribution in [1.29, 1.82) is 0 Å². The van der Waals surface area contributed by atoms with Crippen LogP contribution in [0.5, 0.6) is 5.75 Å². The number of hydroxylamine groups is 1. The van der Waals surface area contributed by atoms with Crippen molar-refractivity contribution in [3.63, 3.8) is 0 Å². The molecule has 1 fully saturated rings. The zero-order valence-electron chi connectivity index (χ0n) is 21.6. The number of benzene rings is 1. The smallest absolute Gasteiger partial charge is 0.329 e. The van der Waals surface area contributed by atoms with Crippen LogP contribution in [-0.2, 0) is 20.8 Å². The fraction of sp³-hybridized carbons (Fsp3) is 0.429. The molecular formula is C28H34N4O5. The van der Waals surface area contributed by atoms with Crippen molar-refractivity contribution >= 4 is 17.4 Å². The second-order valence-corrected chi connectivity index (χ2v) is 9.68. The molecule has 2 heterocycles. The summed E-state index contributed by atoms with van der Waals surface area (Å²) in [7, 11) is 1.75. The van der Waals surface area contributed by atoms with E-state index < -0.39 is 11.9 Å². The SMILES string of the molecule is COCC1(N2CCC(Cc3nc(C)c(O)c(C(=O)NOC(C)=O)n3)CC2)C=CC(c2ccccc2)=CC1. The van der Waals surface area contributed by atoms with Crippen molar-refractivity contribution in [3.05, 3.63) is 71.3 Å². The highest BCUT2D eigenvalue weighted by atomic mass is 16.7. The van der Waals surface area contributed by atoms with Crippen LogP contribution in [0.3, 0.4) is 0 Å². The lowest BCUT2D eigenvalue weighted by Gasteiger charge is -2.46. The lowest BCUT2D eigenvalue weighted by molar-refractivity contribution is -0.146. The fourth-order valence-electron chi connectivity index (χ4n) is 5.08. The maximum atomic E-state index is 12.3. The topological polar surface area (TPSA) is 114 Å². The zero-order valence-corrected chi connectivity index (χ0v) is 21.6. The normalized spacial score (nSPS) is 20.4. The van der Waals surface area contributed by atoms with Gasteiger partial charge in [-0.15, -0.1) is 0 Å². The molecule has 0 spiro atoms. The number of nitrogens with zero attached hydrogens (tertiary/aromatic N) is 3. The number of amides is 1. The average molecular weight is 507 g/mol. The Morgan fingerprint density at radius 1 is 1.19 bits per heavy atom. The summed E-state index contributed by atoms with van der Waals surface area (Å²) in [6, 6.07) is 10.4. The highest BCUT2D eigenvalue weighted by Gasteiger charge is 2.37. The summed E-state index contributed by atoms with van der Waals surface area (Å²) in [5, 5.41) is 10.3. The van der Waals surface area contributed by atoms with Gasteiger partial charge in [0.15, 0.2) is 11.4 Å². The van der Waals surface area contributed by atoms with Crippen LogP contribution in [0, 0.1) is 12.8 Å². The van der Waals surface area contributed by atoms with Crippen LogP contribution in [0.1, 0.15) is 53.8 Å². The first-order valence-corrected chi connectivity index (χ1v) is 12.5. The number of carbonyl (C=O) groups excluding carboxylic acids is 2. The van der Waals surface area contributed by atoms with Gasteiger partial charge < -0.3 is 14.7 Å². The average Bonchev–Trinajstić information content (AvgIpc) is 2.90. The molecule has 0 bridgehead atoms. The minimum Gasteiger partial charge on any atom is -0.504 e. The Morgan fingerprint density at radius 2 is 1.92 bits per heavy atom. The molecule has 1 unspecified atom stereocenters. The number of piperidine rings is 1. The Kier molecular flexibility index (Phi) is 8.35. The number of aromatic nitrogens is 2. The molecule has 1 aromatic heterocycles. The van der Waals surface area contributed by atoms with Gasteiger partial charge in [-0.3, -0.25) is 14.5 Å². The number of methoxy groups -OCH3 is 1. The minimum absolute atomic E-state index is 0.175. The Bertz CT molecular complexity index is 1190.